The van der Waals surface area contributed by atoms with E-state index in [1.807, 2.05) is 0 Å². The Balaban J connectivity index is 1.15. The number of nitrogens with zero attached hydrogens (tertiary/aromatic N) is 2. The fraction of sp³-hybridized carbons (Fsp3) is 0.118. The number of pyridine rings is 4. The molecule has 0 amide bonds. The third-order valence-electron chi connectivity index (χ3n) is 17.6. The average Bonchev–Trinajstić information content (AvgIpc) is 4.06. The van der Waals surface area contributed by atoms with Crippen LogP contribution < -0.4 is 0 Å². The molecule has 0 fully saturated rings. The molecule has 0 aliphatic heterocycles. The zero-order chi connectivity index (χ0) is 46.2. The number of fused-ring (bicyclic) bond motifs is 22. The van der Waals surface area contributed by atoms with Crippen molar-refractivity contribution >= 4 is 173 Å². The molecule has 0 aliphatic carbocycles. The molecule has 0 atom stereocenters. The van der Waals surface area contributed by atoms with Crippen LogP contribution in [-0.2, 0) is 10.8 Å². The molecule has 2 heteroatoms. The Morgan fingerprint density at radius 1 is 0.229 bits per heavy atom. The van der Waals surface area contributed by atoms with Gasteiger partial charge in [-0.15, -0.1) is 0 Å². The lowest BCUT2D eigenvalue weighted by atomic mass is 9.84. The Hall–Kier alpha value is -8.20. The molecular formula is C68H44N2. The lowest BCUT2D eigenvalue weighted by Gasteiger charge is -2.23. The quantitative estimate of drug-likeness (QED) is 0.106. The largest absolute Gasteiger partial charge is 0.307 e. The number of aromatic nitrogens is 2. The standard InChI is InChI=1S/C68H44N2/c1-67(2,3)34-29-48-36-15-7-11-19-40(36)63-57-44-25-23-33-24-26-45-54-52(33)53(44)55-46(59(57)65-42-21-13-9-17-38(42)50(31-34)61(48)69(63)65)27-28-47(56(54)55)60-58(45)64-41-20-12-8-16-37(41)49-30-35(68(4,5)6)32-51-39-18-10-14-22-43(39)66(60)70(64)62(49)51/h7-32H,1-6H3. The van der Waals surface area contributed by atoms with Gasteiger partial charge in [0.05, 0.1) is 33.1 Å². The topological polar surface area (TPSA) is 8.82 Å². The Bertz CT molecular complexity index is 5040. The van der Waals surface area contributed by atoms with Crippen LogP contribution in [0, 0.1) is 0 Å². The monoisotopic (exact) mass is 888 g/mol. The van der Waals surface area contributed by atoms with Crippen LogP contribution in [0.4, 0.5) is 0 Å². The molecule has 0 saturated carbocycles. The Kier molecular flexibility index (Phi) is 6.02. The Morgan fingerprint density at radius 2 is 0.486 bits per heavy atom. The number of benzene rings is 11. The summed E-state index contributed by atoms with van der Waals surface area (Å²) in [5, 5.41) is 35.1. The number of rotatable bonds is 0. The van der Waals surface area contributed by atoms with E-state index in [1.165, 1.54) is 184 Å². The molecule has 12 aromatic carbocycles. The number of hydrogen-bond donors (Lipinski definition) is 0. The minimum atomic E-state index is -0.0117. The highest BCUT2D eigenvalue weighted by Crippen LogP contribution is 2.59. The maximum Gasteiger partial charge on any atom is 0.0626 e. The fourth-order valence-electron chi connectivity index (χ4n) is 14.7. The first kappa shape index (κ1) is 36.8. The third kappa shape index (κ3) is 3.88. The van der Waals surface area contributed by atoms with Crippen molar-refractivity contribution in [2.45, 2.75) is 52.4 Å². The molecule has 0 aliphatic rings. The van der Waals surface area contributed by atoms with Crippen LogP contribution >= 0.6 is 0 Å². The second kappa shape index (κ2) is 11.5. The van der Waals surface area contributed by atoms with Crippen LogP contribution in [0.15, 0.2) is 158 Å². The summed E-state index contributed by atoms with van der Waals surface area (Å²) in [7, 11) is 0. The first-order valence-electron chi connectivity index (χ1n) is 25.2. The van der Waals surface area contributed by atoms with Crippen molar-refractivity contribution in [3.8, 4) is 0 Å². The van der Waals surface area contributed by atoms with Gasteiger partial charge in [-0.25, -0.2) is 0 Å². The van der Waals surface area contributed by atoms with E-state index >= 15 is 0 Å². The maximum atomic E-state index is 2.70. The molecule has 18 aromatic rings. The molecule has 18 rings (SSSR count). The molecule has 2 nitrogen and oxygen atoms in total. The first-order chi connectivity index (χ1) is 34.1. The average molecular weight is 889 g/mol. The summed E-state index contributed by atoms with van der Waals surface area (Å²) in [6.07, 6.45) is 0. The lowest BCUT2D eigenvalue weighted by molar-refractivity contribution is 0.591. The Morgan fingerprint density at radius 3 is 0.771 bits per heavy atom. The predicted molar refractivity (Wildman–Crippen MR) is 304 cm³/mol. The van der Waals surface area contributed by atoms with Gasteiger partial charge < -0.3 is 8.80 Å². The van der Waals surface area contributed by atoms with Gasteiger partial charge in [-0.3, -0.25) is 0 Å². The molecule has 6 heterocycles. The van der Waals surface area contributed by atoms with E-state index in [9.17, 15) is 0 Å². The molecule has 326 valence electrons. The van der Waals surface area contributed by atoms with Gasteiger partial charge >= 0.3 is 0 Å². The van der Waals surface area contributed by atoms with Crippen molar-refractivity contribution in [2.75, 3.05) is 0 Å². The van der Waals surface area contributed by atoms with Gasteiger partial charge in [-0.05, 0) is 122 Å². The summed E-state index contributed by atoms with van der Waals surface area (Å²) in [5.74, 6) is 0. The van der Waals surface area contributed by atoms with E-state index in [2.05, 4.69) is 208 Å². The van der Waals surface area contributed by atoms with Crippen LogP contribution in [0.25, 0.3) is 173 Å². The SMILES string of the molecule is CC(C)(C)c1cc2c3ccccc3c3c4c5ccc6ccc7c8c6c5c5c(ccc(c85)c5c7c6c7ccccc7c7cc(C(C)(C)C)cc8c9ccccc9c5n6c78)c4c4c5ccccc5c(c1)c2n34. The molecule has 0 radical (unpaired) electrons. The van der Waals surface area contributed by atoms with Crippen molar-refractivity contribution in [3.05, 3.63) is 169 Å². The molecule has 70 heavy (non-hydrogen) atoms. The van der Waals surface area contributed by atoms with Crippen LogP contribution in [0.1, 0.15) is 52.7 Å². The van der Waals surface area contributed by atoms with Crippen molar-refractivity contribution in [3.63, 3.8) is 0 Å². The zero-order valence-electron chi connectivity index (χ0n) is 39.9. The van der Waals surface area contributed by atoms with Crippen molar-refractivity contribution in [1.29, 1.82) is 0 Å². The van der Waals surface area contributed by atoms with Crippen LogP contribution in [0.5, 0.6) is 0 Å². The molecule has 0 saturated heterocycles. The molecule has 0 unspecified atom stereocenters. The second-order valence-corrected chi connectivity index (χ2v) is 23.1. The van der Waals surface area contributed by atoms with Crippen LogP contribution in [-0.4, -0.2) is 8.80 Å². The van der Waals surface area contributed by atoms with E-state index < -0.39 is 0 Å². The van der Waals surface area contributed by atoms with Gasteiger partial charge in [-0.2, -0.15) is 0 Å². The van der Waals surface area contributed by atoms with Gasteiger partial charge in [-0.1, -0.05) is 175 Å². The van der Waals surface area contributed by atoms with Crippen LogP contribution in [0.2, 0.25) is 0 Å². The van der Waals surface area contributed by atoms with Gasteiger partial charge in [0.25, 0.3) is 0 Å². The Labute approximate surface area is 401 Å². The van der Waals surface area contributed by atoms with E-state index in [-0.39, 0.29) is 10.8 Å². The minimum absolute atomic E-state index is 0.0117. The number of hydrogen-bond acceptors (Lipinski definition) is 0. The lowest BCUT2D eigenvalue weighted by Crippen LogP contribution is -2.11. The summed E-state index contributed by atoms with van der Waals surface area (Å²) < 4.78 is 5.40. The predicted octanol–water partition coefficient (Wildman–Crippen LogP) is 19.3. The van der Waals surface area contributed by atoms with Crippen molar-refractivity contribution in [1.82, 2.24) is 8.80 Å². The first-order valence-corrected chi connectivity index (χ1v) is 25.2. The summed E-state index contributed by atoms with van der Waals surface area (Å²) in [6.45, 7) is 14.1. The highest BCUT2D eigenvalue weighted by Gasteiger charge is 2.33. The van der Waals surface area contributed by atoms with Gasteiger partial charge in [0.2, 0.25) is 0 Å². The zero-order valence-corrected chi connectivity index (χ0v) is 39.9. The highest BCUT2D eigenvalue weighted by atomic mass is 14.9. The highest BCUT2D eigenvalue weighted by molar-refractivity contribution is 6.56. The molecular weight excluding hydrogens is 845 g/mol. The molecule has 6 aromatic heterocycles. The van der Waals surface area contributed by atoms with Crippen LogP contribution in [0.3, 0.4) is 0 Å². The van der Waals surface area contributed by atoms with Crippen molar-refractivity contribution in [2.24, 2.45) is 0 Å². The van der Waals surface area contributed by atoms with Gasteiger partial charge in [0.1, 0.15) is 0 Å². The summed E-state index contributed by atoms with van der Waals surface area (Å²) >= 11 is 0. The van der Waals surface area contributed by atoms with Crippen molar-refractivity contribution < 1.29 is 0 Å². The maximum absolute atomic E-state index is 2.70. The van der Waals surface area contributed by atoms with Gasteiger partial charge in [0, 0.05) is 64.6 Å². The van der Waals surface area contributed by atoms with E-state index in [0.29, 0.717) is 0 Å². The van der Waals surface area contributed by atoms with E-state index in [4.69, 9.17) is 0 Å². The summed E-state index contributed by atoms with van der Waals surface area (Å²) in [6, 6.07) is 61.9. The van der Waals surface area contributed by atoms with E-state index in [1.54, 1.807) is 0 Å². The molecule has 0 N–H and O–H groups in total. The molecule has 0 bridgehead atoms. The summed E-state index contributed by atoms with van der Waals surface area (Å²) in [4.78, 5) is 0. The van der Waals surface area contributed by atoms with Gasteiger partial charge in [0.15, 0.2) is 0 Å². The smallest absolute Gasteiger partial charge is 0.0626 e. The second-order valence-electron chi connectivity index (χ2n) is 23.1. The summed E-state index contributed by atoms with van der Waals surface area (Å²) in [5.41, 5.74) is 10.6. The fourth-order valence-corrected chi connectivity index (χ4v) is 14.7. The minimum Gasteiger partial charge on any atom is -0.307 e. The normalized spacial score (nSPS) is 13.9. The third-order valence-corrected chi connectivity index (χ3v) is 17.6. The van der Waals surface area contributed by atoms with E-state index in [0.717, 1.165) is 0 Å². The molecule has 0 spiro atoms.